The van der Waals surface area contributed by atoms with Crippen molar-refractivity contribution < 1.29 is 0 Å². The molecule has 0 saturated carbocycles. The summed E-state index contributed by atoms with van der Waals surface area (Å²) in [5, 5.41) is 0. The molecule has 1 atom stereocenters. The molecule has 0 N–H and O–H groups in total. The summed E-state index contributed by atoms with van der Waals surface area (Å²) in [6, 6.07) is 0. The van der Waals surface area contributed by atoms with Crippen molar-refractivity contribution >= 4 is 0 Å². The van der Waals surface area contributed by atoms with E-state index in [-0.39, 0.29) is 0 Å². The van der Waals surface area contributed by atoms with Crippen molar-refractivity contribution in [3.63, 3.8) is 0 Å². The first-order valence-corrected chi connectivity index (χ1v) is 3.97. The standard InChI is InChI=1S/C9H19/c1-5-6-7-9(4)8(2)3/h8-9H,1,5-7H2,2-4H3. The smallest absolute Gasteiger partial charge is 0.0420 e. The van der Waals surface area contributed by atoms with Crippen LogP contribution in [0.2, 0.25) is 0 Å². The Morgan fingerprint density at radius 2 is 1.78 bits per heavy atom. The van der Waals surface area contributed by atoms with E-state index in [0.717, 1.165) is 18.3 Å². The quantitative estimate of drug-likeness (QED) is 0.543. The largest absolute Gasteiger partial charge is 0.0625 e. The van der Waals surface area contributed by atoms with Crippen LogP contribution in [-0.2, 0) is 0 Å². The molecule has 0 aromatic rings. The van der Waals surface area contributed by atoms with Gasteiger partial charge in [-0.2, -0.15) is 0 Å². The maximum atomic E-state index is 3.82. The van der Waals surface area contributed by atoms with E-state index in [1.165, 1.54) is 12.8 Å². The van der Waals surface area contributed by atoms with Crippen molar-refractivity contribution in [3.05, 3.63) is 6.92 Å². The van der Waals surface area contributed by atoms with Crippen LogP contribution in [0, 0.1) is 18.8 Å². The minimum Gasteiger partial charge on any atom is -0.0625 e. The van der Waals surface area contributed by atoms with Gasteiger partial charge >= 0.3 is 0 Å². The second-order valence-corrected chi connectivity index (χ2v) is 3.22. The van der Waals surface area contributed by atoms with Gasteiger partial charge in [-0.3, -0.25) is 0 Å². The van der Waals surface area contributed by atoms with Crippen LogP contribution in [0.3, 0.4) is 0 Å². The van der Waals surface area contributed by atoms with Crippen LogP contribution in [0.4, 0.5) is 0 Å². The van der Waals surface area contributed by atoms with Gasteiger partial charge in [0.2, 0.25) is 0 Å². The van der Waals surface area contributed by atoms with Crippen molar-refractivity contribution in [1.29, 1.82) is 0 Å². The molecule has 0 aromatic carbocycles. The van der Waals surface area contributed by atoms with Crippen LogP contribution in [-0.4, -0.2) is 0 Å². The van der Waals surface area contributed by atoms with E-state index >= 15 is 0 Å². The molecular formula is C9H19. The van der Waals surface area contributed by atoms with Crippen molar-refractivity contribution in [2.24, 2.45) is 11.8 Å². The lowest BCUT2D eigenvalue weighted by Crippen LogP contribution is -2.02. The molecule has 1 radical (unpaired) electrons. The lowest BCUT2D eigenvalue weighted by Gasteiger charge is -2.13. The van der Waals surface area contributed by atoms with Crippen molar-refractivity contribution in [2.75, 3.05) is 0 Å². The Labute approximate surface area is 59.7 Å². The van der Waals surface area contributed by atoms with E-state index in [0.29, 0.717) is 0 Å². The molecule has 0 amide bonds. The zero-order chi connectivity index (χ0) is 7.28. The van der Waals surface area contributed by atoms with Gasteiger partial charge in [-0.1, -0.05) is 47.0 Å². The molecule has 0 aliphatic rings. The number of rotatable bonds is 4. The van der Waals surface area contributed by atoms with Gasteiger partial charge in [0, 0.05) is 0 Å². The second kappa shape index (κ2) is 4.84. The molecule has 0 fully saturated rings. The zero-order valence-electron chi connectivity index (χ0n) is 6.98. The molecule has 0 heteroatoms. The highest BCUT2D eigenvalue weighted by Gasteiger charge is 2.04. The molecule has 55 valence electrons. The molecule has 0 nitrogen and oxygen atoms in total. The third kappa shape index (κ3) is 4.50. The van der Waals surface area contributed by atoms with E-state index in [2.05, 4.69) is 27.7 Å². The van der Waals surface area contributed by atoms with Crippen molar-refractivity contribution in [1.82, 2.24) is 0 Å². The number of hydrogen-bond acceptors (Lipinski definition) is 0. The topological polar surface area (TPSA) is 0 Å². The molecular weight excluding hydrogens is 108 g/mol. The first-order valence-electron chi connectivity index (χ1n) is 3.97. The molecule has 0 spiro atoms. The molecule has 0 aliphatic heterocycles. The molecule has 0 saturated heterocycles. The molecule has 0 aliphatic carbocycles. The van der Waals surface area contributed by atoms with Crippen LogP contribution >= 0.6 is 0 Å². The highest BCUT2D eigenvalue weighted by atomic mass is 14.1. The van der Waals surface area contributed by atoms with Crippen LogP contribution < -0.4 is 0 Å². The van der Waals surface area contributed by atoms with Gasteiger partial charge in [0.05, 0.1) is 0 Å². The van der Waals surface area contributed by atoms with Gasteiger partial charge in [-0.25, -0.2) is 0 Å². The Hall–Kier alpha value is 0. The first-order chi connectivity index (χ1) is 4.18. The maximum Gasteiger partial charge on any atom is -0.0420 e. The van der Waals surface area contributed by atoms with Gasteiger partial charge in [0.25, 0.3) is 0 Å². The summed E-state index contributed by atoms with van der Waals surface area (Å²) in [4.78, 5) is 0. The van der Waals surface area contributed by atoms with E-state index in [1.807, 2.05) is 0 Å². The minimum absolute atomic E-state index is 0.844. The van der Waals surface area contributed by atoms with Crippen LogP contribution in [0.5, 0.6) is 0 Å². The SMILES string of the molecule is [CH2]CCCC(C)C(C)C. The average Bonchev–Trinajstić information content (AvgIpc) is 1.82. The predicted molar refractivity (Wildman–Crippen MR) is 43.2 cm³/mol. The Morgan fingerprint density at radius 3 is 2.11 bits per heavy atom. The highest BCUT2D eigenvalue weighted by Crippen LogP contribution is 2.16. The number of hydrogen-bond donors (Lipinski definition) is 0. The number of unbranched alkanes of at least 4 members (excludes halogenated alkanes) is 1. The van der Waals surface area contributed by atoms with E-state index in [1.54, 1.807) is 0 Å². The monoisotopic (exact) mass is 127 g/mol. The van der Waals surface area contributed by atoms with E-state index in [9.17, 15) is 0 Å². The fraction of sp³-hybridized carbons (Fsp3) is 0.889. The maximum absolute atomic E-state index is 3.82. The van der Waals surface area contributed by atoms with Crippen LogP contribution in [0.1, 0.15) is 40.0 Å². The Balaban J connectivity index is 3.16. The Bertz CT molecular complexity index is 55.1. The van der Waals surface area contributed by atoms with Gasteiger partial charge in [0.1, 0.15) is 0 Å². The molecule has 0 bridgehead atoms. The predicted octanol–water partition coefficient (Wildman–Crippen LogP) is 3.28. The molecule has 0 aromatic heterocycles. The van der Waals surface area contributed by atoms with Gasteiger partial charge < -0.3 is 0 Å². The molecule has 1 unspecified atom stereocenters. The second-order valence-electron chi connectivity index (χ2n) is 3.22. The summed E-state index contributed by atoms with van der Waals surface area (Å²) < 4.78 is 0. The third-order valence-corrected chi connectivity index (χ3v) is 2.05. The average molecular weight is 127 g/mol. The van der Waals surface area contributed by atoms with E-state index < -0.39 is 0 Å². The fourth-order valence-electron chi connectivity index (χ4n) is 0.800. The minimum atomic E-state index is 0.844. The molecule has 0 heterocycles. The first kappa shape index (κ1) is 9.00. The molecule has 9 heavy (non-hydrogen) atoms. The fourth-order valence-corrected chi connectivity index (χ4v) is 0.800. The third-order valence-electron chi connectivity index (χ3n) is 2.05. The van der Waals surface area contributed by atoms with Crippen LogP contribution in [0.25, 0.3) is 0 Å². The summed E-state index contributed by atoms with van der Waals surface area (Å²) in [6.45, 7) is 10.7. The highest BCUT2D eigenvalue weighted by molar-refractivity contribution is 4.57. The lowest BCUT2D eigenvalue weighted by atomic mass is 9.93. The lowest BCUT2D eigenvalue weighted by molar-refractivity contribution is 0.383. The van der Waals surface area contributed by atoms with Gasteiger partial charge in [0.15, 0.2) is 0 Å². The van der Waals surface area contributed by atoms with Gasteiger partial charge in [-0.15, -0.1) is 0 Å². The van der Waals surface area contributed by atoms with Gasteiger partial charge in [-0.05, 0) is 11.8 Å². The Morgan fingerprint density at radius 1 is 1.22 bits per heavy atom. The Kier molecular flexibility index (Phi) is 4.84. The summed E-state index contributed by atoms with van der Waals surface area (Å²) in [5.41, 5.74) is 0. The summed E-state index contributed by atoms with van der Waals surface area (Å²) in [7, 11) is 0. The van der Waals surface area contributed by atoms with Crippen molar-refractivity contribution in [2.45, 2.75) is 40.0 Å². The van der Waals surface area contributed by atoms with E-state index in [4.69, 9.17) is 0 Å². The summed E-state index contributed by atoms with van der Waals surface area (Å²) in [6.07, 6.45) is 3.73. The summed E-state index contributed by atoms with van der Waals surface area (Å²) >= 11 is 0. The molecule has 0 rings (SSSR count). The summed E-state index contributed by atoms with van der Waals surface area (Å²) in [5.74, 6) is 1.73. The zero-order valence-corrected chi connectivity index (χ0v) is 6.98. The normalized spacial score (nSPS) is 14.3. The van der Waals surface area contributed by atoms with Crippen molar-refractivity contribution in [3.8, 4) is 0 Å². The van der Waals surface area contributed by atoms with Crippen LogP contribution in [0.15, 0.2) is 0 Å².